The van der Waals surface area contributed by atoms with Crippen LogP contribution in [0.25, 0.3) is 0 Å². The Bertz CT molecular complexity index is 152. The Balaban J connectivity index is 3.50. The molecular weight excluding hydrogens is 118 g/mol. The molecule has 1 amide bonds. The first-order valence-electron chi connectivity index (χ1n) is 2.62. The number of carboxylic acid groups (broad SMARTS) is 1. The van der Waals surface area contributed by atoms with Crippen molar-refractivity contribution >= 4 is 6.09 Å². The molecule has 0 atom stereocenters. The van der Waals surface area contributed by atoms with E-state index < -0.39 is 6.09 Å². The minimum atomic E-state index is -1.11. The first kappa shape index (κ1) is 7.83. The van der Waals surface area contributed by atoms with E-state index in [4.69, 9.17) is 5.11 Å². The molecule has 0 rings (SSSR count). The van der Waals surface area contributed by atoms with Crippen LogP contribution in [0.3, 0.4) is 0 Å². The summed E-state index contributed by atoms with van der Waals surface area (Å²) in [5, 5.41) is 9.95. The Morgan fingerprint density at radius 1 is 1.67 bits per heavy atom. The molecule has 0 heterocycles. The maximum atomic E-state index is 9.77. The van der Waals surface area contributed by atoms with Crippen LogP contribution in [0.5, 0.6) is 0 Å². The first-order chi connectivity index (χ1) is 4.13. The second-order valence-electron chi connectivity index (χ2n) is 1.85. The second-order valence-corrected chi connectivity index (χ2v) is 1.85. The molecule has 0 aromatic rings. The van der Waals surface area contributed by atoms with Crippen molar-refractivity contribution in [1.29, 1.82) is 0 Å². The zero-order valence-corrected chi connectivity index (χ0v) is 5.43. The van der Waals surface area contributed by atoms with Crippen LogP contribution >= 0.6 is 0 Å². The lowest BCUT2D eigenvalue weighted by atomic mass is 10.2. The molecule has 0 aliphatic carbocycles. The van der Waals surface area contributed by atoms with Crippen LogP contribution in [-0.2, 0) is 0 Å². The Labute approximate surface area is 54.1 Å². The van der Waals surface area contributed by atoms with Gasteiger partial charge in [0.2, 0.25) is 0 Å². The van der Waals surface area contributed by atoms with Gasteiger partial charge in [0.25, 0.3) is 0 Å². The monoisotopic (exact) mass is 127 g/mol. The predicted molar refractivity (Wildman–Crippen MR) is 33.8 cm³/mol. The van der Waals surface area contributed by atoms with E-state index in [-0.39, 0.29) is 5.92 Å². The average Bonchev–Trinajstić information content (AvgIpc) is 1.63. The molecule has 0 saturated heterocycles. The van der Waals surface area contributed by atoms with Crippen molar-refractivity contribution < 1.29 is 9.90 Å². The minimum Gasteiger partial charge on any atom is -0.464 e. The van der Waals surface area contributed by atoms with E-state index in [0.29, 0.717) is 0 Å². The van der Waals surface area contributed by atoms with Gasteiger partial charge in [-0.2, -0.15) is 0 Å². The molecule has 3 heteroatoms. The molecule has 0 aliphatic rings. The van der Waals surface area contributed by atoms with Crippen LogP contribution in [-0.4, -0.2) is 11.2 Å². The first-order valence-corrected chi connectivity index (χ1v) is 2.62. The number of hydrogen-bond donors (Lipinski definition) is 2. The maximum Gasteiger partial charge on any atom is 0.416 e. The Morgan fingerprint density at radius 3 is 2.56 bits per heavy atom. The molecule has 0 spiro atoms. The Kier molecular flexibility index (Phi) is 3.29. The van der Waals surface area contributed by atoms with Gasteiger partial charge in [0.1, 0.15) is 0 Å². The normalized spacial score (nSPS) is 7.89. The third kappa shape index (κ3) is 6.83. The molecule has 0 fully saturated rings. The van der Waals surface area contributed by atoms with Gasteiger partial charge >= 0.3 is 6.09 Å². The fraction of sp³-hybridized carbons (Fsp3) is 0.500. The fourth-order valence-electron chi connectivity index (χ4n) is 0.234. The topological polar surface area (TPSA) is 49.3 Å². The molecule has 2 N–H and O–H groups in total. The largest absolute Gasteiger partial charge is 0.464 e. The quantitative estimate of drug-likeness (QED) is 0.374. The SMILES string of the molecule is CC(C)C#CNC(=O)O. The molecule has 0 unspecified atom stereocenters. The van der Waals surface area contributed by atoms with E-state index in [1.54, 1.807) is 0 Å². The van der Waals surface area contributed by atoms with Crippen molar-refractivity contribution in [2.75, 3.05) is 0 Å². The molecule has 50 valence electrons. The molecule has 0 bridgehead atoms. The third-order valence-electron chi connectivity index (χ3n) is 0.530. The van der Waals surface area contributed by atoms with Gasteiger partial charge in [0, 0.05) is 12.0 Å². The van der Waals surface area contributed by atoms with Crippen molar-refractivity contribution in [2.45, 2.75) is 13.8 Å². The highest BCUT2D eigenvalue weighted by atomic mass is 16.4. The maximum absolute atomic E-state index is 9.77. The van der Waals surface area contributed by atoms with Crippen LogP contribution < -0.4 is 5.32 Å². The standard InChI is InChI=1S/C6H9NO2/c1-5(2)3-4-7-6(8)9/h5,7H,1-2H3,(H,8,9). The van der Waals surface area contributed by atoms with Crippen LogP contribution in [0.4, 0.5) is 4.79 Å². The van der Waals surface area contributed by atoms with Crippen molar-refractivity contribution in [3.05, 3.63) is 0 Å². The summed E-state index contributed by atoms with van der Waals surface area (Å²) in [6.45, 7) is 3.77. The predicted octanol–water partition coefficient (Wildman–Crippen LogP) is 0.871. The van der Waals surface area contributed by atoms with E-state index in [9.17, 15) is 4.79 Å². The van der Waals surface area contributed by atoms with Gasteiger partial charge < -0.3 is 5.11 Å². The van der Waals surface area contributed by atoms with Crippen LogP contribution in [0, 0.1) is 17.9 Å². The molecule has 0 aromatic carbocycles. The summed E-state index contributed by atoms with van der Waals surface area (Å²) in [5.41, 5.74) is 0. The lowest BCUT2D eigenvalue weighted by Gasteiger charge is -1.86. The van der Waals surface area contributed by atoms with Gasteiger partial charge in [0.05, 0.1) is 0 Å². The van der Waals surface area contributed by atoms with E-state index >= 15 is 0 Å². The van der Waals surface area contributed by atoms with Crippen molar-refractivity contribution in [3.63, 3.8) is 0 Å². The summed E-state index contributed by atoms with van der Waals surface area (Å²) >= 11 is 0. The van der Waals surface area contributed by atoms with Gasteiger partial charge in [-0.25, -0.2) is 10.1 Å². The Morgan fingerprint density at radius 2 is 2.22 bits per heavy atom. The van der Waals surface area contributed by atoms with E-state index in [1.807, 2.05) is 19.2 Å². The number of amides is 1. The summed E-state index contributed by atoms with van der Waals surface area (Å²) in [6, 6.07) is 2.28. The smallest absolute Gasteiger partial charge is 0.416 e. The van der Waals surface area contributed by atoms with Gasteiger partial charge in [-0.15, -0.1) is 0 Å². The number of hydrogen-bond acceptors (Lipinski definition) is 1. The van der Waals surface area contributed by atoms with Crippen LogP contribution in [0.15, 0.2) is 0 Å². The highest BCUT2D eigenvalue weighted by Gasteiger charge is 1.85. The van der Waals surface area contributed by atoms with Crippen LogP contribution in [0.1, 0.15) is 13.8 Å². The average molecular weight is 127 g/mol. The number of nitrogens with one attached hydrogen (secondary N) is 1. The molecule has 9 heavy (non-hydrogen) atoms. The summed E-state index contributed by atoms with van der Waals surface area (Å²) in [4.78, 5) is 9.77. The Hall–Kier alpha value is -1.17. The lowest BCUT2D eigenvalue weighted by Crippen LogP contribution is -2.13. The summed E-state index contributed by atoms with van der Waals surface area (Å²) in [6.07, 6.45) is -1.11. The van der Waals surface area contributed by atoms with E-state index in [2.05, 4.69) is 12.0 Å². The lowest BCUT2D eigenvalue weighted by molar-refractivity contribution is 0.199. The zero-order valence-electron chi connectivity index (χ0n) is 5.43. The van der Waals surface area contributed by atoms with Gasteiger partial charge in [0.15, 0.2) is 0 Å². The number of rotatable bonds is 0. The van der Waals surface area contributed by atoms with Gasteiger partial charge in [-0.05, 0) is 0 Å². The van der Waals surface area contributed by atoms with Gasteiger partial charge in [-0.3, -0.25) is 0 Å². The van der Waals surface area contributed by atoms with E-state index in [1.165, 1.54) is 0 Å². The third-order valence-corrected chi connectivity index (χ3v) is 0.530. The fourth-order valence-corrected chi connectivity index (χ4v) is 0.234. The summed E-state index contributed by atoms with van der Waals surface area (Å²) in [7, 11) is 0. The number of carbonyl (C=O) groups is 1. The van der Waals surface area contributed by atoms with Crippen molar-refractivity contribution in [3.8, 4) is 12.0 Å². The van der Waals surface area contributed by atoms with Gasteiger partial charge in [-0.1, -0.05) is 19.8 Å². The minimum absolute atomic E-state index is 0.205. The molecule has 0 aromatic heterocycles. The molecule has 3 nitrogen and oxygen atoms in total. The van der Waals surface area contributed by atoms with Crippen molar-refractivity contribution in [2.24, 2.45) is 5.92 Å². The molecular formula is C6H9NO2. The zero-order chi connectivity index (χ0) is 7.28. The van der Waals surface area contributed by atoms with Crippen molar-refractivity contribution in [1.82, 2.24) is 5.32 Å². The molecule has 0 saturated carbocycles. The second kappa shape index (κ2) is 3.79. The molecule has 0 aliphatic heterocycles. The van der Waals surface area contributed by atoms with Crippen LogP contribution in [0.2, 0.25) is 0 Å². The van der Waals surface area contributed by atoms with E-state index in [0.717, 1.165) is 0 Å². The highest BCUT2D eigenvalue weighted by molar-refractivity contribution is 5.66. The summed E-state index contributed by atoms with van der Waals surface area (Å²) in [5.74, 6) is 2.84. The molecule has 0 radical (unpaired) electrons. The highest BCUT2D eigenvalue weighted by Crippen LogP contribution is 1.83. The summed E-state index contributed by atoms with van der Waals surface area (Å²) < 4.78 is 0.